The van der Waals surface area contributed by atoms with Crippen LogP contribution < -0.4 is 5.73 Å². The molecule has 0 aromatic rings. The lowest BCUT2D eigenvalue weighted by atomic mass is 10.0. The molecule has 0 aromatic heterocycles. The number of phosphoric ester groups is 1. The summed E-state index contributed by atoms with van der Waals surface area (Å²) in [4.78, 5) is 34.8. The fourth-order valence-corrected chi connectivity index (χ4v) is 5.59. The van der Waals surface area contributed by atoms with Crippen molar-refractivity contribution >= 4 is 19.8 Å². The Hall–Kier alpha value is -1.03. The van der Waals surface area contributed by atoms with Crippen LogP contribution in [-0.4, -0.2) is 81.5 Å². The predicted molar refractivity (Wildman–Crippen MR) is 182 cm³/mol. The third-order valence-corrected chi connectivity index (χ3v) is 8.72. The Kier molecular flexibility index (Phi) is 28.5. The molecule has 0 bridgehead atoms. The number of unbranched alkanes of at least 4 members (excludes halogenated alkanes) is 18. The molecule has 0 radical (unpaired) electrons. The van der Waals surface area contributed by atoms with Gasteiger partial charge >= 0.3 is 19.8 Å². The number of likely N-dealkylation sites (N-methyl/N-ethyl adjacent to an activating group) is 1. The zero-order valence-corrected chi connectivity index (χ0v) is 30.3. The number of esters is 2. The number of hydrogen-bond donors (Lipinski definition) is 2. The molecule has 0 aromatic carbocycles. The smallest absolute Gasteiger partial charge is 0.462 e. The summed E-state index contributed by atoms with van der Waals surface area (Å²) in [5.41, 5.74) is 5.52. The van der Waals surface area contributed by atoms with Crippen LogP contribution in [0, 0.1) is 0 Å². The second kappa shape index (κ2) is 29.1. The summed E-state index contributed by atoms with van der Waals surface area (Å²) in [5.74, 6) is -0.836. The number of rotatable bonds is 33. The van der Waals surface area contributed by atoms with Crippen molar-refractivity contribution in [2.24, 2.45) is 5.73 Å². The first-order valence-corrected chi connectivity index (χ1v) is 19.5. The largest absolute Gasteiger partial charge is 0.472 e. The molecule has 11 heteroatoms. The van der Waals surface area contributed by atoms with Crippen LogP contribution in [-0.2, 0) is 32.7 Å². The SMILES string of the molecule is CCCCCCCCCCCCCCCCCC(=O)OC[C@H](COP(=O)(O)OCC[N+](C)(C)C)OC(=O)CCCCCCCN. The summed E-state index contributed by atoms with van der Waals surface area (Å²) >= 11 is 0. The zero-order chi connectivity index (χ0) is 33.7. The van der Waals surface area contributed by atoms with Gasteiger partial charge in [-0.15, -0.1) is 0 Å². The molecule has 0 aliphatic rings. The van der Waals surface area contributed by atoms with Crippen molar-refractivity contribution in [3.63, 3.8) is 0 Å². The van der Waals surface area contributed by atoms with E-state index in [1.165, 1.54) is 77.0 Å². The minimum Gasteiger partial charge on any atom is -0.462 e. The first-order valence-electron chi connectivity index (χ1n) is 18.0. The molecule has 10 nitrogen and oxygen atoms in total. The lowest BCUT2D eigenvalue weighted by Crippen LogP contribution is -2.37. The number of carbonyl (C=O) groups is 2. The molecule has 2 atom stereocenters. The first-order chi connectivity index (χ1) is 21.5. The average molecular weight is 666 g/mol. The minimum absolute atomic E-state index is 0.0279. The first kappa shape index (κ1) is 44.0. The van der Waals surface area contributed by atoms with Gasteiger partial charge in [0, 0.05) is 12.8 Å². The Morgan fingerprint density at radius 2 is 1.11 bits per heavy atom. The van der Waals surface area contributed by atoms with E-state index in [2.05, 4.69) is 6.92 Å². The molecule has 0 spiro atoms. The molecule has 3 N–H and O–H groups in total. The van der Waals surface area contributed by atoms with Crippen molar-refractivity contribution in [1.29, 1.82) is 0 Å². The molecule has 0 amide bonds. The molecular weight excluding hydrogens is 595 g/mol. The molecule has 0 fully saturated rings. The topological polar surface area (TPSA) is 134 Å². The Morgan fingerprint density at radius 1 is 0.667 bits per heavy atom. The summed E-state index contributed by atoms with van der Waals surface area (Å²) in [7, 11) is 1.46. The second-order valence-electron chi connectivity index (χ2n) is 13.4. The maximum absolute atomic E-state index is 12.4. The summed E-state index contributed by atoms with van der Waals surface area (Å²) in [6.45, 7) is 2.81. The van der Waals surface area contributed by atoms with Gasteiger partial charge in [0.25, 0.3) is 0 Å². The number of nitrogens with two attached hydrogens (primary N) is 1. The number of nitrogens with zero attached hydrogens (tertiary/aromatic N) is 1. The minimum atomic E-state index is -4.36. The Balaban J connectivity index is 4.29. The van der Waals surface area contributed by atoms with E-state index in [4.69, 9.17) is 24.3 Å². The Labute approximate surface area is 275 Å². The molecule has 0 rings (SSSR count). The summed E-state index contributed by atoms with van der Waals surface area (Å²) in [6.07, 6.45) is 22.8. The van der Waals surface area contributed by atoms with E-state index >= 15 is 0 Å². The normalized spacial score (nSPS) is 13.8. The molecule has 0 heterocycles. The van der Waals surface area contributed by atoms with Crippen LogP contribution in [0.2, 0.25) is 0 Å². The van der Waals surface area contributed by atoms with E-state index in [9.17, 15) is 19.0 Å². The lowest BCUT2D eigenvalue weighted by Gasteiger charge is -2.24. The van der Waals surface area contributed by atoms with Crippen LogP contribution in [0.4, 0.5) is 0 Å². The monoisotopic (exact) mass is 665 g/mol. The van der Waals surface area contributed by atoms with E-state index in [1.54, 1.807) is 0 Å². The van der Waals surface area contributed by atoms with Gasteiger partial charge < -0.3 is 24.6 Å². The van der Waals surface area contributed by atoms with E-state index in [-0.39, 0.29) is 32.0 Å². The molecule has 0 aliphatic heterocycles. The van der Waals surface area contributed by atoms with Gasteiger partial charge in [0.2, 0.25) is 0 Å². The van der Waals surface area contributed by atoms with Crippen LogP contribution in [0.15, 0.2) is 0 Å². The van der Waals surface area contributed by atoms with E-state index in [0.717, 1.165) is 44.9 Å². The van der Waals surface area contributed by atoms with Gasteiger partial charge in [-0.3, -0.25) is 18.6 Å². The average Bonchev–Trinajstić information content (AvgIpc) is 2.97. The number of carbonyl (C=O) groups excluding carboxylic acids is 2. The van der Waals surface area contributed by atoms with Crippen LogP contribution >= 0.6 is 7.82 Å². The van der Waals surface area contributed by atoms with Gasteiger partial charge in [-0.2, -0.15) is 0 Å². The third kappa shape index (κ3) is 32.7. The Bertz CT molecular complexity index is 763. The fraction of sp³-hybridized carbons (Fsp3) is 0.941. The zero-order valence-electron chi connectivity index (χ0n) is 29.4. The van der Waals surface area contributed by atoms with Gasteiger partial charge in [-0.1, -0.05) is 116 Å². The van der Waals surface area contributed by atoms with Crippen LogP contribution in [0.25, 0.3) is 0 Å². The summed E-state index contributed by atoms with van der Waals surface area (Å²) < 4.78 is 33.9. The molecule has 45 heavy (non-hydrogen) atoms. The molecular formula is C34H70N2O8P+. The van der Waals surface area contributed by atoms with Gasteiger partial charge in [-0.05, 0) is 25.8 Å². The highest BCUT2D eigenvalue weighted by atomic mass is 31.2. The number of ether oxygens (including phenoxy) is 2. The van der Waals surface area contributed by atoms with Gasteiger partial charge in [0.15, 0.2) is 6.10 Å². The van der Waals surface area contributed by atoms with Crippen molar-refractivity contribution in [3.05, 3.63) is 0 Å². The van der Waals surface area contributed by atoms with Gasteiger partial charge in [0.1, 0.15) is 19.8 Å². The predicted octanol–water partition coefficient (Wildman–Crippen LogP) is 7.84. The third-order valence-electron chi connectivity index (χ3n) is 7.74. The highest BCUT2D eigenvalue weighted by Crippen LogP contribution is 2.43. The molecule has 1 unspecified atom stereocenters. The highest BCUT2D eigenvalue weighted by molar-refractivity contribution is 7.47. The van der Waals surface area contributed by atoms with Gasteiger partial charge in [0.05, 0.1) is 27.7 Å². The summed E-state index contributed by atoms with van der Waals surface area (Å²) in [6, 6.07) is 0. The molecule has 0 saturated heterocycles. The highest BCUT2D eigenvalue weighted by Gasteiger charge is 2.27. The van der Waals surface area contributed by atoms with E-state index < -0.39 is 26.5 Å². The standard InChI is InChI=1S/C34H69N2O8P/c1-5-6-7-8-9-10-11-12-13-14-15-16-17-19-22-25-33(37)41-30-32(44-34(38)26-23-20-18-21-24-27-35)31-43-45(39,40)42-29-28-36(2,3)4/h32H,5-31,35H2,1-4H3/p+1/t32-/m1/s1. The number of hydrogen-bond acceptors (Lipinski definition) is 8. The molecule has 268 valence electrons. The number of phosphoric acid groups is 1. The van der Waals surface area contributed by atoms with Crippen LogP contribution in [0.3, 0.4) is 0 Å². The fourth-order valence-electron chi connectivity index (χ4n) is 4.85. The lowest BCUT2D eigenvalue weighted by molar-refractivity contribution is -0.870. The summed E-state index contributed by atoms with van der Waals surface area (Å²) in [5, 5.41) is 0. The quantitative estimate of drug-likeness (QED) is 0.0311. The van der Waals surface area contributed by atoms with Crippen molar-refractivity contribution < 1.29 is 42.1 Å². The van der Waals surface area contributed by atoms with Crippen molar-refractivity contribution in [3.8, 4) is 0 Å². The maximum Gasteiger partial charge on any atom is 0.472 e. The van der Waals surface area contributed by atoms with Crippen molar-refractivity contribution in [2.75, 3.05) is 54.1 Å². The van der Waals surface area contributed by atoms with Gasteiger partial charge in [-0.25, -0.2) is 4.57 Å². The van der Waals surface area contributed by atoms with Crippen molar-refractivity contribution in [1.82, 2.24) is 0 Å². The second-order valence-corrected chi connectivity index (χ2v) is 14.9. The Morgan fingerprint density at radius 3 is 1.58 bits per heavy atom. The molecule has 0 saturated carbocycles. The van der Waals surface area contributed by atoms with Crippen LogP contribution in [0.1, 0.15) is 148 Å². The number of quaternary nitrogens is 1. The maximum atomic E-state index is 12.4. The molecule has 0 aliphatic carbocycles. The van der Waals surface area contributed by atoms with Crippen molar-refractivity contribution in [2.45, 2.75) is 154 Å². The van der Waals surface area contributed by atoms with E-state index in [1.807, 2.05) is 21.1 Å². The van der Waals surface area contributed by atoms with E-state index in [0.29, 0.717) is 24.0 Å². The van der Waals surface area contributed by atoms with Crippen LogP contribution in [0.5, 0.6) is 0 Å².